The number of carbonyl (C=O) groups excluding carboxylic acids is 1. The molecular formula is C14H21ClN2O. The van der Waals surface area contributed by atoms with Gasteiger partial charge in [0.05, 0.1) is 6.04 Å². The zero-order valence-corrected chi connectivity index (χ0v) is 11.7. The third kappa shape index (κ3) is 4.67. The molecule has 0 bridgehead atoms. The van der Waals surface area contributed by atoms with Crippen molar-refractivity contribution < 1.29 is 4.79 Å². The molecule has 2 atom stereocenters. The van der Waals surface area contributed by atoms with Crippen LogP contribution >= 0.6 is 11.6 Å². The Morgan fingerprint density at radius 3 is 2.78 bits per heavy atom. The first-order valence-corrected chi connectivity index (χ1v) is 6.69. The molecule has 0 spiro atoms. The highest BCUT2D eigenvalue weighted by atomic mass is 35.5. The van der Waals surface area contributed by atoms with Crippen molar-refractivity contribution in [2.24, 2.45) is 11.7 Å². The van der Waals surface area contributed by atoms with Crippen LogP contribution in [0.1, 0.15) is 38.3 Å². The second kappa shape index (κ2) is 7.39. The molecule has 100 valence electrons. The summed E-state index contributed by atoms with van der Waals surface area (Å²) in [4.78, 5) is 11.8. The molecule has 3 N–H and O–H groups in total. The Morgan fingerprint density at radius 1 is 1.50 bits per heavy atom. The van der Waals surface area contributed by atoms with E-state index in [9.17, 15) is 4.79 Å². The molecule has 0 radical (unpaired) electrons. The van der Waals surface area contributed by atoms with Crippen molar-refractivity contribution in [1.82, 2.24) is 5.32 Å². The monoisotopic (exact) mass is 268 g/mol. The largest absolute Gasteiger partial charge is 0.349 e. The van der Waals surface area contributed by atoms with E-state index in [-0.39, 0.29) is 17.9 Å². The van der Waals surface area contributed by atoms with Crippen molar-refractivity contribution in [2.75, 3.05) is 6.54 Å². The normalized spacial score (nSPS) is 14.0. The van der Waals surface area contributed by atoms with Gasteiger partial charge in [-0.1, -0.05) is 37.6 Å². The van der Waals surface area contributed by atoms with Gasteiger partial charge in [-0.05, 0) is 36.6 Å². The zero-order valence-electron chi connectivity index (χ0n) is 10.9. The Kier molecular flexibility index (Phi) is 6.16. The predicted molar refractivity (Wildman–Crippen MR) is 75.5 cm³/mol. The van der Waals surface area contributed by atoms with Gasteiger partial charge in [0, 0.05) is 11.4 Å². The van der Waals surface area contributed by atoms with Crippen LogP contribution in [-0.4, -0.2) is 12.5 Å². The average molecular weight is 269 g/mol. The maximum Gasteiger partial charge on any atom is 0.220 e. The van der Waals surface area contributed by atoms with Crippen LogP contribution in [0.15, 0.2) is 24.3 Å². The van der Waals surface area contributed by atoms with Gasteiger partial charge in [0.2, 0.25) is 5.91 Å². The highest BCUT2D eigenvalue weighted by Crippen LogP contribution is 2.20. The first-order valence-electron chi connectivity index (χ1n) is 6.31. The van der Waals surface area contributed by atoms with E-state index in [0.29, 0.717) is 18.0 Å². The number of hydrogen-bond donors (Lipinski definition) is 2. The quantitative estimate of drug-likeness (QED) is 0.834. The van der Waals surface area contributed by atoms with E-state index in [4.69, 9.17) is 17.3 Å². The molecule has 1 aromatic rings. The van der Waals surface area contributed by atoms with Crippen molar-refractivity contribution in [3.8, 4) is 0 Å². The summed E-state index contributed by atoms with van der Waals surface area (Å²) >= 11 is 5.96. The Morgan fingerprint density at radius 2 is 2.22 bits per heavy atom. The van der Waals surface area contributed by atoms with Crippen LogP contribution in [0, 0.1) is 5.92 Å². The third-order valence-electron chi connectivity index (χ3n) is 2.93. The molecule has 1 rings (SSSR count). The standard InChI is InChI=1S/C14H21ClN2O/c1-3-13(11-5-4-6-12(15)8-11)17-14(18)7-10(2)9-16/h4-6,8,10,13H,3,7,9,16H2,1-2H3,(H,17,18). The molecule has 1 aromatic carbocycles. The van der Waals surface area contributed by atoms with Crippen molar-refractivity contribution in [3.05, 3.63) is 34.9 Å². The van der Waals surface area contributed by atoms with E-state index in [1.54, 1.807) is 0 Å². The van der Waals surface area contributed by atoms with Crippen LogP contribution in [0.4, 0.5) is 0 Å². The summed E-state index contributed by atoms with van der Waals surface area (Å²) in [6.07, 6.45) is 1.30. The van der Waals surface area contributed by atoms with Crippen LogP contribution in [0.3, 0.4) is 0 Å². The van der Waals surface area contributed by atoms with Gasteiger partial charge in [-0.2, -0.15) is 0 Å². The number of nitrogens with one attached hydrogen (secondary N) is 1. The lowest BCUT2D eigenvalue weighted by Gasteiger charge is -2.19. The summed E-state index contributed by atoms with van der Waals surface area (Å²) < 4.78 is 0. The fraction of sp³-hybridized carbons (Fsp3) is 0.500. The van der Waals surface area contributed by atoms with Gasteiger partial charge in [0.25, 0.3) is 0 Å². The second-order valence-corrected chi connectivity index (χ2v) is 5.06. The van der Waals surface area contributed by atoms with Crippen molar-refractivity contribution >= 4 is 17.5 Å². The predicted octanol–water partition coefficient (Wildman–Crippen LogP) is 2.89. The maximum atomic E-state index is 11.8. The highest BCUT2D eigenvalue weighted by molar-refractivity contribution is 6.30. The summed E-state index contributed by atoms with van der Waals surface area (Å²) in [5.41, 5.74) is 6.56. The molecule has 4 heteroatoms. The molecule has 1 amide bonds. The number of carbonyl (C=O) groups is 1. The van der Waals surface area contributed by atoms with Crippen LogP contribution in [0.5, 0.6) is 0 Å². The fourth-order valence-corrected chi connectivity index (χ4v) is 2.00. The first-order chi connectivity index (χ1) is 8.56. The summed E-state index contributed by atoms with van der Waals surface area (Å²) in [5, 5.41) is 3.71. The molecule has 3 nitrogen and oxygen atoms in total. The lowest BCUT2D eigenvalue weighted by atomic mass is 10.0. The van der Waals surface area contributed by atoms with E-state index in [1.165, 1.54) is 0 Å². The number of hydrogen-bond acceptors (Lipinski definition) is 2. The van der Waals surface area contributed by atoms with Gasteiger partial charge in [0.1, 0.15) is 0 Å². The van der Waals surface area contributed by atoms with Crippen molar-refractivity contribution in [3.63, 3.8) is 0 Å². The SMILES string of the molecule is CCC(NC(=O)CC(C)CN)c1cccc(Cl)c1. The minimum Gasteiger partial charge on any atom is -0.349 e. The summed E-state index contributed by atoms with van der Waals surface area (Å²) in [5.74, 6) is 0.252. The van der Waals surface area contributed by atoms with E-state index in [0.717, 1.165) is 12.0 Å². The Labute approximate surface area is 114 Å². The molecule has 0 saturated carbocycles. The number of benzene rings is 1. The van der Waals surface area contributed by atoms with Crippen LogP contribution < -0.4 is 11.1 Å². The van der Waals surface area contributed by atoms with E-state index in [1.807, 2.05) is 38.1 Å². The molecule has 0 aliphatic rings. The minimum atomic E-state index is 0.0150. The maximum absolute atomic E-state index is 11.8. The lowest BCUT2D eigenvalue weighted by Crippen LogP contribution is -2.30. The van der Waals surface area contributed by atoms with E-state index in [2.05, 4.69) is 5.32 Å². The number of amides is 1. The van der Waals surface area contributed by atoms with Gasteiger partial charge < -0.3 is 11.1 Å². The molecule has 0 saturated heterocycles. The Bertz CT molecular complexity index is 395. The van der Waals surface area contributed by atoms with Crippen molar-refractivity contribution in [2.45, 2.75) is 32.7 Å². The lowest BCUT2D eigenvalue weighted by molar-refractivity contribution is -0.122. The first kappa shape index (κ1) is 15.0. The topological polar surface area (TPSA) is 55.1 Å². The second-order valence-electron chi connectivity index (χ2n) is 4.63. The molecule has 0 fully saturated rings. The van der Waals surface area contributed by atoms with E-state index >= 15 is 0 Å². The van der Waals surface area contributed by atoms with Gasteiger partial charge in [-0.15, -0.1) is 0 Å². The number of halogens is 1. The summed E-state index contributed by atoms with van der Waals surface area (Å²) in [6.45, 7) is 4.54. The number of nitrogens with two attached hydrogens (primary N) is 1. The summed E-state index contributed by atoms with van der Waals surface area (Å²) in [6, 6.07) is 7.61. The molecular weight excluding hydrogens is 248 g/mol. The number of rotatable bonds is 6. The Hall–Kier alpha value is -1.06. The highest BCUT2D eigenvalue weighted by Gasteiger charge is 2.14. The van der Waals surface area contributed by atoms with Gasteiger partial charge >= 0.3 is 0 Å². The van der Waals surface area contributed by atoms with Crippen molar-refractivity contribution in [1.29, 1.82) is 0 Å². The van der Waals surface area contributed by atoms with Crippen LogP contribution in [0.2, 0.25) is 5.02 Å². The van der Waals surface area contributed by atoms with Crippen LogP contribution in [-0.2, 0) is 4.79 Å². The molecule has 0 aliphatic carbocycles. The fourth-order valence-electron chi connectivity index (χ4n) is 1.80. The smallest absolute Gasteiger partial charge is 0.220 e. The van der Waals surface area contributed by atoms with Gasteiger partial charge in [-0.25, -0.2) is 0 Å². The molecule has 0 heterocycles. The summed E-state index contributed by atoms with van der Waals surface area (Å²) in [7, 11) is 0. The van der Waals surface area contributed by atoms with Gasteiger partial charge in [-0.3, -0.25) is 4.79 Å². The zero-order chi connectivity index (χ0) is 13.5. The molecule has 2 unspecified atom stereocenters. The van der Waals surface area contributed by atoms with Gasteiger partial charge in [0.15, 0.2) is 0 Å². The van der Waals surface area contributed by atoms with E-state index < -0.39 is 0 Å². The third-order valence-corrected chi connectivity index (χ3v) is 3.17. The Balaban J connectivity index is 2.65. The molecule has 0 aliphatic heterocycles. The average Bonchev–Trinajstić information content (AvgIpc) is 2.35. The molecule has 0 aromatic heterocycles. The van der Waals surface area contributed by atoms with Crippen LogP contribution in [0.25, 0.3) is 0 Å². The minimum absolute atomic E-state index is 0.0150. The molecule has 18 heavy (non-hydrogen) atoms.